The summed E-state index contributed by atoms with van der Waals surface area (Å²) in [5.41, 5.74) is 3.59. The average Bonchev–Trinajstić information content (AvgIpc) is 2.86. The predicted octanol–water partition coefficient (Wildman–Crippen LogP) is 4.54. The third-order valence-corrected chi connectivity index (χ3v) is 5.93. The molecular formula is C27H26F2N2O3. The molecule has 1 aliphatic heterocycles. The molecule has 1 aliphatic rings. The number of rotatable bonds is 7. The van der Waals surface area contributed by atoms with Crippen LogP contribution in [-0.2, 0) is 22.6 Å². The summed E-state index contributed by atoms with van der Waals surface area (Å²) < 4.78 is 32.3. The first kappa shape index (κ1) is 23.4. The highest BCUT2D eigenvalue weighted by atomic mass is 19.1. The van der Waals surface area contributed by atoms with Gasteiger partial charge in [-0.25, -0.2) is 8.78 Å². The minimum Gasteiger partial charge on any atom is -0.484 e. The quantitative estimate of drug-likeness (QED) is 0.558. The molecule has 34 heavy (non-hydrogen) atoms. The standard InChI is InChI=1S/C27H26F2N2O3/c1-2-26(33)31-14-13-19-7-12-23(15-24(19)27(31)20-5-10-22(29)11-6-20)34-17-25(32)30-16-18-3-8-21(28)9-4-18/h3-12,15,27H,2,13-14,16-17H2,1H3,(H,30,32). The van der Waals surface area contributed by atoms with Crippen LogP contribution in [0.1, 0.15) is 41.6 Å². The molecule has 2 amide bonds. The second kappa shape index (κ2) is 10.5. The van der Waals surface area contributed by atoms with Crippen LogP contribution < -0.4 is 10.1 Å². The molecule has 3 aromatic carbocycles. The highest BCUT2D eigenvalue weighted by Gasteiger charge is 2.31. The fraction of sp³-hybridized carbons (Fsp3) is 0.259. The Morgan fingerprint density at radius 2 is 1.68 bits per heavy atom. The van der Waals surface area contributed by atoms with Crippen LogP contribution in [0, 0.1) is 11.6 Å². The van der Waals surface area contributed by atoms with E-state index in [0.29, 0.717) is 25.1 Å². The van der Waals surface area contributed by atoms with Crippen molar-refractivity contribution in [2.24, 2.45) is 0 Å². The molecule has 1 atom stereocenters. The zero-order valence-corrected chi connectivity index (χ0v) is 18.9. The monoisotopic (exact) mass is 464 g/mol. The van der Waals surface area contributed by atoms with Gasteiger partial charge in [0.15, 0.2) is 6.61 Å². The van der Waals surface area contributed by atoms with E-state index >= 15 is 0 Å². The zero-order chi connectivity index (χ0) is 24.1. The Balaban J connectivity index is 1.49. The van der Waals surface area contributed by atoms with Crippen LogP contribution in [0.2, 0.25) is 0 Å². The molecule has 3 aromatic rings. The van der Waals surface area contributed by atoms with Crippen LogP contribution in [0.15, 0.2) is 66.7 Å². The number of nitrogens with one attached hydrogen (secondary N) is 1. The summed E-state index contributed by atoms with van der Waals surface area (Å²) in [6, 6.07) is 17.3. The van der Waals surface area contributed by atoms with Gasteiger partial charge in [-0.15, -0.1) is 0 Å². The first-order valence-electron chi connectivity index (χ1n) is 11.3. The predicted molar refractivity (Wildman–Crippen MR) is 124 cm³/mol. The number of hydrogen-bond acceptors (Lipinski definition) is 3. The van der Waals surface area contributed by atoms with Crippen molar-refractivity contribution < 1.29 is 23.1 Å². The second-order valence-electron chi connectivity index (χ2n) is 8.20. The van der Waals surface area contributed by atoms with Crippen molar-refractivity contribution in [2.45, 2.75) is 32.4 Å². The number of nitrogens with zero attached hydrogens (tertiary/aromatic N) is 1. The van der Waals surface area contributed by atoms with Crippen molar-refractivity contribution in [1.29, 1.82) is 0 Å². The molecule has 5 nitrogen and oxygen atoms in total. The van der Waals surface area contributed by atoms with Crippen molar-refractivity contribution in [3.8, 4) is 5.75 Å². The van der Waals surface area contributed by atoms with Gasteiger partial charge in [-0.2, -0.15) is 0 Å². The van der Waals surface area contributed by atoms with Gasteiger partial charge in [-0.3, -0.25) is 9.59 Å². The van der Waals surface area contributed by atoms with E-state index in [2.05, 4.69) is 5.32 Å². The second-order valence-corrected chi connectivity index (χ2v) is 8.20. The molecule has 1 unspecified atom stereocenters. The SMILES string of the molecule is CCC(=O)N1CCc2ccc(OCC(=O)NCc3ccc(F)cc3)cc2C1c1ccc(F)cc1. The largest absolute Gasteiger partial charge is 0.484 e. The van der Waals surface area contributed by atoms with Crippen molar-refractivity contribution in [3.63, 3.8) is 0 Å². The number of halogens is 2. The zero-order valence-electron chi connectivity index (χ0n) is 18.9. The molecule has 0 bridgehead atoms. The molecule has 0 saturated carbocycles. The normalized spacial score (nSPS) is 14.9. The van der Waals surface area contributed by atoms with E-state index in [1.165, 1.54) is 24.3 Å². The molecule has 1 heterocycles. The van der Waals surface area contributed by atoms with Gasteiger partial charge in [0.05, 0.1) is 6.04 Å². The molecule has 0 radical (unpaired) electrons. The maximum Gasteiger partial charge on any atom is 0.258 e. The Morgan fingerprint density at radius 1 is 1.00 bits per heavy atom. The number of amides is 2. The van der Waals surface area contributed by atoms with Crippen LogP contribution in [0.25, 0.3) is 0 Å². The summed E-state index contributed by atoms with van der Waals surface area (Å²) in [7, 11) is 0. The summed E-state index contributed by atoms with van der Waals surface area (Å²) >= 11 is 0. The summed E-state index contributed by atoms with van der Waals surface area (Å²) in [6.45, 7) is 2.49. The minimum atomic E-state index is -0.354. The van der Waals surface area contributed by atoms with Gasteiger partial charge in [0, 0.05) is 19.5 Å². The van der Waals surface area contributed by atoms with Crippen molar-refractivity contribution in [3.05, 3.63) is 101 Å². The topological polar surface area (TPSA) is 58.6 Å². The van der Waals surface area contributed by atoms with E-state index in [9.17, 15) is 18.4 Å². The number of fused-ring (bicyclic) bond motifs is 1. The third-order valence-electron chi connectivity index (χ3n) is 5.93. The smallest absolute Gasteiger partial charge is 0.258 e. The fourth-order valence-corrected chi connectivity index (χ4v) is 4.16. The van der Waals surface area contributed by atoms with E-state index in [-0.39, 0.29) is 42.6 Å². The first-order valence-corrected chi connectivity index (χ1v) is 11.3. The van der Waals surface area contributed by atoms with Gasteiger partial charge in [-0.05, 0) is 65.1 Å². The van der Waals surface area contributed by atoms with E-state index in [1.54, 1.807) is 24.3 Å². The molecule has 4 rings (SSSR count). The van der Waals surface area contributed by atoms with Crippen molar-refractivity contribution >= 4 is 11.8 Å². The van der Waals surface area contributed by atoms with Crippen molar-refractivity contribution in [1.82, 2.24) is 10.2 Å². The lowest BCUT2D eigenvalue weighted by Gasteiger charge is -2.38. The molecule has 1 N–H and O–H groups in total. The highest BCUT2D eigenvalue weighted by molar-refractivity contribution is 5.78. The van der Waals surface area contributed by atoms with Gasteiger partial charge in [-0.1, -0.05) is 37.3 Å². The number of ether oxygens (including phenoxy) is 1. The Bertz CT molecular complexity index is 1160. The third kappa shape index (κ3) is 5.42. The molecular weight excluding hydrogens is 438 g/mol. The number of carbonyl (C=O) groups is 2. The van der Waals surface area contributed by atoms with Gasteiger partial charge in [0.2, 0.25) is 5.91 Å². The summed E-state index contributed by atoms with van der Waals surface area (Å²) in [4.78, 5) is 26.7. The van der Waals surface area contributed by atoms with E-state index in [1.807, 2.05) is 30.0 Å². The molecule has 0 spiro atoms. The van der Waals surface area contributed by atoms with Crippen LogP contribution in [0.4, 0.5) is 8.78 Å². The Kier molecular flexibility index (Phi) is 7.21. The summed E-state index contributed by atoms with van der Waals surface area (Å²) in [5.74, 6) is -0.444. The summed E-state index contributed by atoms with van der Waals surface area (Å²) in [6.07, 6.45) is 1.08. The Hall–Kier alpha value is -3.74. The van der Waals surface area contributed by atoms with Gasteiger partial charge < -0.3 is 15.0 Å². The van der Waals surface area contributed by atoms with Crippen LogP contribution in [0.5, 0.6) is 5.75 Å². The van der Waals surface area contributed by atoms with Crippen molar-refractivity contribution in [2.75, 3.05) is 13.2 Å². The van der Waals surface area contributed by atoms with Crippen LogP contribution in [-0.4, -0.2) is 29.9 Å². The average molecular weight is 465 g/mol. The van der Waals surface area contributed by atoms with E-state index < -0.39 is 0 Å². The number of hydrogen-bond donors (Lipinski definition) is 1. The lowest BCUT2D eigenvalue weighted by Crippen LogP contribution is -2.40. The Morgan fingerprint density at radius 3 is 2.35 bits per heavy atom. The number of benzene rings is 3. The Labute approximate surface area is 197 Å². The van der Waals surface area contributed by atoms with Crippen LogP contribution in [0.3, 0.4) is 0 Å². The van der Waals surface area contributed by atoms with E-state index in [0.717, 1.165) is 22.3 Å². The van der Waals surface area contributed by atoms with Gasteiger partial charge >= 0.3 is 0 Å². The molecule has 0 aromatic heterocycles. The molecule has 7 heteroatoms. The molecule has 0 fully saturated rings. The van der Waals surface area contributed by atoms with Gasteiger partial charge in [0.25, 0.3) is 5.91 Å². The maximum absolute atomic E-state index is 13.5. The minimum absolute atomic E-state index is 0.0199. The number of carbonyl (C=O) groups excluding carboxylic acids is 2. The van der Waals surface area contributed by atoms with E-state index in [4.69, 9.17) is 4.74 Å². The lowest BCUT2D eigenvalue weighted by molar-refractivity contribution is -0.133. The lowest BCUT2D eigenvalue weighted by atomic mass is 9.87. The molecule has 0 saturated heterocycles. The fourth-order valence-electron chi connectivity index (χ4n) is 4.16. The summed E-state index contributed by atoms with van der Waals surface area (Å²) in [5, 5.41) is 2.75. The van der Waals surface area contributed by atoms with Gasteiger partial charge in [0.1, 0.15) is 17.4 Å². The first-order chi connectivity index (χ1) is 16.4. The van der Waals surface area contributed by atoms with Crippen LogP contribution >= 0.6 is 0 Å². The highest BCUT2D eigenvalue weighted by Crippen LogP contribution is 2.37. The maximum atomic E-state index is 13.5. The molecule has 176 valence electrons. The molecule has 0 aliphatic carbocycles.